The lowest BCUT2D eigenvalue weighted by Crippen LogP contribution is -2.49. The van der Waals surface area contributed by atoms with Gasteiger partial charge >= 0.3 is 0 Å². The van der Waals surface area contributed by atoms with E-state index in [2.05, 4.69) is 20.0 Å². The summed E-state index contributed by atoms with van der Waals surface area (Å²) in [6.45, 7) is 6.35. The van der Waals surface area contributed by atoms with E-state index in [-0.39, 0.29) is 5.91 Å². The van der Waals surface area contributed by atoms with Crippen LogP contribution in [0.25, 0.3) is 5.69 Å². The van der Waals surface area contributed by atoms with Crippen LogP contribution in [0.15, 0.2) is 42.6 Å². The molecular weight excluding hydrogens is 368 g/mol. The fraction of sp³-hybridized carbons (Fsp3) is 0.333. The third-order valence-electron chi connectivity index (χ3n) is 5.00. The zero-order valence-corrected chi connectivity index (χ0v) is 16.9. The molecule has 0 aliphatic carbocycles. The van der Waals surface area contributed by atoms with Gasteiger partial charge < -0.3 is 14.5 Å². The Labute approximate surface area is 169 Å². The predicted octanol–water partition coefficient (Wildman–Crippen LogP) is 2.25. The van der Waals surface area contributed by atoms with Crippen LogP contribution in [0, 0.1) is 13.8 Å². The lowest BCUT2D eigenvalue weighted by Gasteiger charge is -2.34. The van der Waals surface area contributed by atoms with E-state index in [1.54, 1.807) is 17.9 Å². The van der Waals surface area contributed by atoms with E-state index in [1.807, 2.05) is 55.3 Å². The first kappa shape index (κ1) is 18.9. The van der Waals surface area contributed by atoms with Gasteiger partial charge in [0.15, 0.2) is 5.69 Å². The zero-order valence-electron chi connectivity index (χ0n) is 16.9. The van der Waals surface area contributed by atoms with Crippen molar-refractivity contribution in [2.24, 2.45) is 0 Å². The summed E-state index contributed by atoms with van der Waals surface area (Å²) in [6.07, 6.45) is 1.89. The molecule has 3 aromatic rings. The summed E-state index contributed by atoms with van der Waals surface area (Å²) in [4.78, 5) is 25.9. The van der Waals surface area contributed by atoms with Crippen molar-refractivity contribution >= 4 is 11.9 Å². The summed E-state index contributed by atoms with van der Waals surface area (Å²) >= 11 is 0. The Bertz CT molecular complexity index is 1010. The van der Waals surface area contributed by atoms with Crippen LogP contribution < -0.4 is 9.64 Å². The Balaban J connectivity index is 1.46. The highest BCUT2D eigenvalue weighted by atomic mass is 16.5. The van der Waals surface area contributed by atoms with Crippen LogP contribution in [0.3, 0.4) is 0 Å². The summed E-state index contributed by atoms with van der Waals surface area (Å²) in [7, 11) is 1.60. The molecular formula is C21H24N6O2. The molecule has 0 unspecified atom stereocenters. The van der Waals surface area contributed by atoms with E-state index in [0.29, 0.717) is 43.7 Å². The van der Waals surface area contributed by atoms with E-state index in [9.17, 15) is 4.79 Å². The highest BCUT2D eigenvalue weighted by molar-refractivity contribution is 5.93. The van der Waals surface area contributed by atoms with E-state index in [1.165, 1.54) is 0 Å². The molecule has 1 amide bonds. The first-order valence-electron chi connectivity index (χ1n) is 9.61. The van der Waals surface area contributed by atoms with Crippen LogP contribution in [0.4, 0.5) is 5.95 Å². The first-order chi connectivity index (χ1) is 14.0. The molecule has 8 heteroatoms. The summed E-state index contributed by atoms with van der Waals surface area (Å²) < 4.78 is 7.00. The highest BCUT2D eigenvalue weighted by Gasteiger charge is 2.26. The van der Waals surface area contributed by atoms with Gasteiger partial charge in [0.2, 0.25) is 11.8 Å². The summed E-state index contributed by atoms with van der Waals surface area (Å²) in [5, 5.41) is 4.54. The topological polar surface area (TPSA) is 76.4 Å². The minimum absolute atomic E-state index is 0.0421. The summed E-state index contributed by atoms with van der Waals surface area (Å²) in [5.41, 5.74) is 3.15. The number of anilines is 1. The number of carbonyl (C=O) groups excluding carboxylic acids is 1. The third kappa shape index (κ3) is 3.91. The lowest BCUT2D eigenvalue weighted by atomic mass is 10.2. The molecule has 0 spiro atoms. The second-order valence-corrected chi connectivity index (χ2v) is 7.07. The highest BCUT2D eigenvalue weighted by Crippen LogP contribution is 2.19. The Morgan fingerprint density at radius 2 is 1.76 bits per heavy atom. The van der Waals surface area contributed by atoms with E-state index in [4.69, 9.17) is 4.74 Å². The molecule has 0 N–H and O–H groups in total. The van der Waals surface area contributed by atoms with Gasteiger partial charge in [-0.3, -0.25) is 4.79 Å². The Morgan fingerprint density at radius 1 is 1.03 bits per heavy atom. The van der Waals surface area contributed by atoms with Gasteiger partial charge in [-0.1, -0.05) is 18.2 Å². The fourth-order valence-corrected chi connectivity index (χ4v) is 3.41. The maximum atomic E-state index is 13.0. The molecule has 2 aromatic heterocycles. The predicted molar refractivity (Wildman–Crippen MR) is 110 cm³/mol. The average molecular weight is 392 g/mol. The largest absolute Gasteiger partial charge is 0.481 e. The van der Waals surface area contributed by atoms with E-state index in [0.717, 1.165) is 16.9 Å². The molecule has 0 saturated carbocycles. The van der Waals surface area contributed by atoms with Gasteiger partial charge in [-0.25, -0.2) is 9.67 Å². The molecule has 0 atom stereocenters. The fourth-order valence-electron chi connectivity index (χ4n) is 3.41. The normalized spacial score (nSPS) is 14.2. The number of piperazine rings is 1. The molecule has 8 nitrogen and oxygen atoms in total. The van der Waals surface area contributed by atoms with Gasteiger partial charge in [-0.05, 0) is 26.0 Å². The molecule has 1 aromatic carbocycles. The second kappa shape index (κ2) is 7.90. The van der Waals surface area contributed by atoms with Gasteiger partial charge in [0, 0.05) is 49.7 Å². The minimum Gasteiger partial charge on any atom is -0.481 e. The van der Waals surface area contributed by atoms with Gasteiger partial charge in [0.05, 0.1) is 12.8 Å². The number of aromatic nitrogens is 4. The zero-order chi connectivity index (χ0) is 20.4. The number of hydrogen-bond donors (Lipinski definition) is 0. The maximum Gasteiger partial charge on any atom is 0.274 e. The number of amides is 1. The smallest absolute Gasteiger partial charge is 0.274 e. The number of benzene rings is 1. The van der Waals surface area contributed by atoms with Crippen molar-refractivity contribution in [3.63, 3.8) is 0 Å². The quantitative estimate of drug-likeness (QED) is 0.678. The molecule has 29 heavy (non-hydrogen) atoms. The van der Waals surface area contributed by atoms with Gasteiger partial charge in [0.25, 0.3) is 5.91 Å². The number of ether oxygens (including phenoxy) is 1. The van der Waals surface area contributed by atoms with Crippen molar-refractivity contribution < 1.29 is 9.53 Å². The number of methoxy groups -OCH3 is 1. The van der Waals surface area contributed by atoms with Crippen LogP contribution in [0.1, 0.15) is 21.7 Å². The SMILES string of the molecule is COc1cc(C)nc(N2CCN(C(=O)c3nn(-c4ccccc4)cc3C)CC2)n1. The van der Waals surface area contributed by atoms with Crippen LogP contribution in [0.2, 0.25) is 0 Å². The van der Waals surface area contributed by atoms with Gasteiger partial charge in [0.1, 0.15) is 0 Å². The Morgan fingerprint density at radius 3 is 2.45 bits per heavy atom. The van der Waals surface area contributed by atoms with Crippen LogP contribution in [-0.4, -0.2) is 63.8 Å². The molecule has 0 bridgehead atoms. The summed E-state index contributed by atoms with van der Waals surface area (Å²) in [5.74, 6) is 1.14. The number of hydrogen-bond acceptors (Lipinski definition) is 6. The van der Waals surface area contributed by atoms with Crippen molar-refractivity contribution in [1.82, 2.24) is 24.6 Å². The molecule has 3 heterocycles. The molecule has 1 aliphatic heterocycles. The van der Waals surface area contributed by atoms with Crippen molar-refractivity contribution in [3.05, 3.63) is 59.5 Å². The Hall–Kier alpha value is -3.42. The van der Waals surface area contributed by atoms with Crippen LogP contribution >= 0.6 is 0 Å². The number of aryl methyl sites for hydroxylation is 2. The van der Waals surface area contributed by atoms with Crippen molar-refractivity contribution in [1.29, 1.82) is 0 Å². The number of carbonyl (C=O) groups is 1. The first-order valence-corrected chi connectivity index (χ1v) is 9.61. The van der Waals surface area contributed by atoms with Crippen LogP contribution in [-0.2, 0) is 0 Å². The molecule has 4 rings (SSSR count). The number of nitrogens with zero attached hydrogens (tertiary/aromatic N) is 6. The van der Waals surface area contributed by atoms with Crippen molar-refractivity contribution in [2.75, 3.05) is 38.2 Å². The van der Waals surface area contributed by atoms with Crippen molar-refractivity contribution in [2.45, 2.75) is 13.8 Å². The molecule has 1 aliphatic rings. The third-order valence-corrected chi connectivity index (χ3v) is 5.00. The number of rotatable bonds is 4. The standard InChI is InChI=1S/C21H24N6O2/c1-15-14-27(17-7-5-4-6-8-17)24-19(15)20(28)25-9-11-26(12-10-25)21-22-16(2)13-18(23-21)29-3/h4-8,13-14H,9-12H2,1-3H3. The van der Waals surface area contributed by atoms with E-state index >= 15 is 0 Å². The van der Waals surface area contributed by atoms with Crippen molar-refractivity contribution in [3.8, 4) is 11.6 Å². The molecule has 1 saturated heterocycles. The van der Waals surface area contributed by atoms with Gasteiger partial charge in [-0.15, -0.1) is 0 Å². The molecule has 0 radical (unpaired) electrons. The number of para-hydroxylation sites is 1. The Kier molecular flexibility index (Phi) is 5.16. The van der Waals surface area contributed by atoms with Crippen LogP contribution in [0.5, 0.6) is 5.88 Å². The average Bonchev–Trinajstić information content (AvgIpc) is 3.15. The molecule has 1 fully saturated rings. The van der Waals surface area contributed by atoms with E-state index < -0.39 is 0 Å². The monoisotopic (exact) mass is 392 g/mol. The van der Waals surface area contributed by atoms with Gasteiger partial charge in [-0.2, -0.15) is 10.1 Å². The minimum atomic E-state index is -0.0421. The molecule has 150 valence electrons. The maximum absolute atomic E-state index is 13.0. The summed E-state index contributed by atoms with van der Waals surface area (Å²) in [6, 6.07) is 11.6. The second-order valence-electron chi connectivity index (χ2n) is 7.07. The lowest BCUT2D eigenvalue weighted by molar-refractivity contribution is 0.0739.